The first-order valence-electron chi connectivity index (χ1n) is 3.47. The van der Waals surface area contributed by atoms with Gasteiger partial charge < -0.3 is 11.5 Å². The van der Waals surface area contributed by atoms with Gasteiger partial charge in [-0.05, 0) is 0 Å². The molecule has 7 heteroatoms. The average molecular weight is 222 g/mol. The summed E-state index contributed by atoms with van der Waals surface area (Å²) < 4.78 is 24.9. The predicted molar refractivity (Wildman–Crippen MR) is 47.1 cm³/mol. The molecule has 0 saturated carbocycles. The molecule has 0 saturated heterocycles. The number of halogens is 3. The standard InChI is InChI=1S/C7H6ClF2N3O/c8-4-2(11)1-13-5(7(12)14)3(4)6(9)10/h1,6H,11H2,(H2,12,14). The van der Waals surface area contributed by atoms with Crippen LogP contribution in [0.15, 0.2) is 6.20 Å². The molecular weight excluding hydrogens is 216 g/mol. The Morgan fingerprint density at radius 2 is 2.14 bits per heavy atom. The molecular formula is C7H6ClF2N3O. The van der Waals surface area contributed by atoms with Gasteiger partial charge in [-0.25, -0.2) is 13.8 Å². The van der Waals surface area contributed by atoms with Crippen LogP contribution in [0.3, 0.4) is 0 Å². The highest BCUT2D eigenvalue weighted by Crippen LogP contribution is 2.32. The van der Waals surface area contributed by atoms with E-state index in [0.29, 0.717) is 0 Å². The number of nitrogens with two attached hydrogens (primary N) is 2. The topological polar surface area (TPSA) is 82.0 Å². The Labute approximate surface area is 82.9 Å². The molecule has 0 radical (unpaired) electrons. The fourth-order valence-electron chi connectivity index (χ4n) is 0.915. The SMILES string of the molecule is NC(=O)c1ncc(N)c(Cl)c1C(F)F. The van der Waals surface area contributed by atoms with Crippen LogP contribution in [-0.2, 0) is 0 Å². The monoisotopic (exact) mass is 221 g/mol. The lowest BCUT2D eigenvalue weighted by Gasteiger charge is -2.08. The van der Waals surface area contributed by atoms with Crippen molar-refractivity contribution in [3.05, 3.63) is 22.5 Å². The molecule has 0 aliphatic rings. The van der Waals surface area contributed by atoms with E-state index >= 15 is 0 Å². The fourth-order valence-corrected chi connectivity index (χ4v) is 1.14. The Morgan fingerprint density at radius 1 is 1.57 bits per heavy atom. The molecule has 1 heterocycles. The summed E-state index contributed by atoms with van der Waals surface area (Å²) in [7, 11) is 0. The highest BCUT2D eigenvalue weighted by Gasteiger charge is 2.23. The second-order valence-electron chi connectivity index (χ2n) is 2.45. The summed E-state index contributed by atoms with van der Waals surface area (Å²) >= 11 is 5.48. The van der Waals surface area contributed by atoms with E-state index in [0.717, 1.165) is 6.20 Å². The highest BCUT2D eigenvalue weighted by molar-refractivity contribution is 6.34. The molecule has 0 fully saturated rings. The number of alkyl halides is 2. The maximum atomic E-state index is 12.4. The number of rotatable bonds is 2. The molecule has 1 aromatic heterocycles. The minimum atomic E-state index is -2.94. The van der Waals surface area contributed by atoms with Crippen molar-refractivity contribution in [3.63, 3.8) is 0 Å². The molecule has 0 bridgehead atoms. The van der Waals surface area contributed by atoms with Gasteiger partial charge in [0.25, 0.3) is 12.3 Å². The van der Waals surface area contributed by atoms with Crippen LogP contribution < -0.4 is 11.5 Å². The second kappa shape index (κ2) is 3.75. The number of carbonyl (C=O) groups is 1. The van der Waals surface area contributed by atoms with Crippen molar-refractivity contribution in [2.75, 3.05) is 5.73 Å². The Kier molecular flexibility index (Phi) is 2.85. The van der Waals surface area contributed by atoms with E-state index in [-0.39, 0.29) is 10.7 Å². The first kappa shape index (κ1) is 10.6. The number of carbonyl (C=O) groups excluding carboxylic acids is 1. The van der Waals surface area contributed by atoms with E-state index < -0.39 is 23.6 Å². The molecule has 1 rings (SSSR count). The summed E-state index contributed by atoms with van der Waals surface area (Å²) in [5, 5.41) is -0.385. The largest absolute Gasteiger partial charge is 0.396 e. The van der Waals surface area contributed by atoms with Gasteiger partial charge >= 0.3 is 0 Å². The zero-order chi connectivity index (χ0) is 10.9. The number of aromatic nitrogens is 1. The molecule has 76 valence electrons. The zero-order valence-electron chi connectivity index (χ0n) is 6.80. The van der Waals surface area contributed by atoms with E-state index in [4.69, 9.17) is 23.1 Å². The summed E-state index contributed by atoms with van der Waals surface area (Å²) in [5.41, 5.74) is 8.69. The average Bonchev–Trinajstić information content (AvgIpc) is 2.08. The van der Waals surface area contributed by atoms with Crippen LogP contribution in [0, 0.1) is 0 Å². The molecule has 1 aromatic rings. The van der Waals surface area contributed by atoms with Gasteiger partial charge in [-0.1, -0.05) is 11.6 Å². The number of nitrogens with zero attached hydrogens (tertiary/aromatic N) is 1. The number of anilines is 1. The third-order valence-corrected chi connectivity index (χ3v) is 1.95. The van der Waals surface area contributed by atoms with Crippen molar-refractivity contribution in [2.45, 2.75) is 6.43 Å². The van der Waals surface area contributed by atoms with Gasteiger partial charge in [-0.2, -0.15) is 0 Å². The molecule has 0 spiro atoms. The Bertz CT molecular complexity index is 383. The second-order valence-corrected chi connectivity index (χ2v) is 2.83. The minimum absolute atomic E-state index is 0.119. The van der Waals surface area contributed by atoms with Crippen molar-refractivity contribution in [3.8, 4) is 0 Å². The van der Waals surface area contributed by atoms with Crippen molar-refractivity contribution in [1.82, 2.24) is 4.98 Å². The van der Waals surface area contributed by atoms with Crippen molar-refractivity contribution < 1.29 is 13.6 Å². The van der Waals surface area contributed by atoms with Crippen LogP contribution in [0.2, 0.25) is 5.02 Å². The smallest absolute Gasteiger partial charge is 0.267 e. The maximum absolute atomic E-state index is 12.4. The number of pyridine rings is 1. The summed E-state index contributed by atoms with van der Waals surface area (Å²) in [6, 6.07) is 0. The normalized spacial score (nSPS) is 10.6. The van der Waals surface area contributed by atoms with Crippen LogP contribution in [0.25, 0.3) is 0 Å². The molecule has 4 N–H and O–H groups in total. The molecule has 0 aliphatic heterocycles. The van der Waals surface area contributed by atoms with Gasteiger partial charge in [0.1, 0.15) is 5.69 Å². The molecule has 0 atom stereocenters. The van der Waals surface area contributed by atoms with Crippen LogP contribution in [0.4, 0.5) is 14.5 Å². The van der Waals surface area contributed by atoms with Crippen molar-refractivity contribution in [2.24, 2.45) is 5.73 Å². The van der Waals surface area contributed by atoms with Crippen LogP contribution in [-0.4, -0.2) is 10.9 Å². The lowest BCUT2D eigenvalue weighted by atomic mass is 10.2. The van der Waals surface area contributed by atoms with Gasteiger partial charge in [-0.3, -0.25) is 4.79 Å². The van der Waals surface area contributed by atoms with Crippen LogP contribution >= 0.6 is 11.6 Å². The summed E-state index contributed by atoms with van der Waals surface area (Å²) in [5.74, 6) is -1.07. The van der Waals surface area contributed by atoms with E-state index in [1.165, 1.54) is 0 Å². The lowest BCUT2D eigenvalue weighted by molar-refractivity contribution is 0.0980. The summed E-state index contributed by atoms with van der Waals surface area (Å²) in [4.78, 5) is 14.1. The van der Waals surface area contributed by atoms with Crippen molar-refractivity contribution in [1.29, 1.82) is 0 Å². The number of hydrogen-bond acceptors (Lipinski definition) is 3. The van der Waals surface area contributed by atoms with Crippen LogP contribution in [0.1, 0.15) is 22.5 Å². The molecule has 4 nitrogen and oxygen atoms in total. The molecule has 0 unspecified atom stereocenters. The first-order valence-corrected chi connectivity index (χ1v) is 3.84. The number of nitrogen functional groups attached to an aromatic ring is 1. The lowest BCUT2D eigenvalue weighted by Crippen LogP contribution is -2.17. The zero-order valence-corrected chi connectivity index (χ0v) is 7.55. The molecule has 0 aromatic carbocycles. The van der Waals surface area contributed by atoms with Gasteiger partial charge in [0.05, 0.1) is 22.5 Å². The van der Waals surface area contributed by atoms with E-state index in [2.05, 4.69) is 4.98 Å². The van der Waals surface area contributed by atoms with Gasteiger partial charge in [0.2, 0.25) is 0 Å². The third-order valence-electron chi connectivity index (χ3n) is 1.53. The van der Waals surface area contributed by atoms with E-state index in [1.54, 1.807) is 0 Å². The Hall–Kier alpha value is -1.43. The molecule has 1 amide bonds. The van der Waals surface area contributed by atoms with Gasteiger partial charge in [0, 0.05) is 0 Å². The van der Waals surface area contributed by atoms with Gasteiger partial charge in [0.15, 0.2) is 0 Å². The predicted octanol–water partition coefficient (Wildman–Crippen LogP) is 1.35. The highest BCUT2D eigenvalue weighted by atomic mass is 35.5. The third kappa shape index (κ3) is 1.74. The van der Waals surface area contributed by atoms with Crippen LogP contribution in [0.5, 0.6) is 0 Å². The molecule has 0 aliphatic carbocycles. The quantitative estimate of drug-likeness (QED) is 0.791. The fraction of sp³-hybridized carbons (Fsp3) is 0.143. The Balaban J connectivity index is 3.45. The Morgan fingerprint density at radius 3 is 2.57 bits per heavy atom. The van der Waals surface area contributed by atoms with E-state index in [1.807, 2.05) is 0 Å². The first-order chi connectivity index (χ1) is 6.45. The van der Waals surface area contributed by atoms with Gasteiger partial charge in [-0.15, -0.1) is 0 Å². The maximum Gasteiger partial charge on any atom is 0.267 e. The summed E-state index contributed by atoms with van der Waals surface area (Å²) in [6.07, 6.45) is -1.94. The van der Waals surface area contributed by atoms with E-state index in [9.17, 15) is 13.6 Å². The number of amides is 1. The summed E-state index contributed by atoms with van der Waals surface area (Å²) in [6.45, 7) is 0. The minimum Gasteiger partial charge on any atom is -0.396 e. The van der Waals surface area contributed by atoms with Crippen molar-refractivity contribution >= 4 is 23.2 Å². The molecule has 14 heavy (non-hydrogen) atoms. The number of hydrogen-bond donors (Lipinski definition) is 2. The number of primary amides is 1.